The molecule has 10 nitrogen and oxygen atoms in total. The fraction of sp³-hybridized carbons (Fsp3) is 0.400. The van der Waals surface area contributed by atoms with Gasteiger partial charge in [0.1, 0.15) is 0 Å². The molecule has 0 saturated heterocycles. The standard InChI is InChI=1S/C26H34N8O2.2C2H6/c1-3-5-7-21(27)17-33(28)23-13-9-19(10-14-23)25(35)30-31-26(36)20-11-15-24(16-12-20)34-18-22(29-32-34)8-6-4-2;2*1-2/h9-18H,3-8,27-28H2,1-2H3,(H,30,35)(H,31,36);2*1-2H3/b21-17-;;. The fourth-order valence-corrected chi connectivity index (χ4v) is 3.40. The minimum atomic E-state index is -0.449. The predicted octanol–water partition coefficient (Wildman–Crippen LogP) is 5.41. The molecule has 0 aliphatic rings. The van der Waals surface area contributed by atoms with Gasteiger partial charge >= 0.3 is 0 Å². The Morgan fingerprint density at radius 2 is 1.40 bits per heavy atom. The van der Waals surface area contributed by atoms with Crippen molar-refractivity contribution < 1.29 is 9.59 Å². The average Bonchev–Trinajstić information content (AvgIpc) is 3.48. The van der Waals surface area contributed by atoms with E-state index in [0.717, 1.165) is 49.9 Å². The number of hydrazine groups is 2. The second kappa shape index (κ2) is 19.0. The Kier molecular flexibility index (Phi) is 16.1. The van der Waals surface area contributed by atoms with Crippen LogP contribution in [0.15, 0.2) is 66.6 Å². The SMILES string of the molecule is CC.CC.CCCC/C(N)=C/N(N)c1ccc(C(=O)NNC(=O)c2ccc(-n3cc(CCCC)nn3)cc2)cc1. The van der Waals surface area contributed by atoms with Crippen molar-refractivity contribution >= 4 is 17.5 Å². The predicted molar refractivity (Wildman–Crippen MR) is 163 cm³/mol. The van der Waals surface area contributed by atoms with Crippen molar-refractivity contribution in [2.75, 3.05) is 5.01 Å². The molecule has 218 valence electrons. The second-order valence-electron chi connectivity index (χ2n) is 8.47. The van der Waals surface area contributed by atoms with Crippen LogP contribution in [0.1, 0.15) is 100 Å². The van der Waals surface area contributed by atoms with Crippen molar-refractivity contribution in [3.05, 3.63) is 83.4 Å². The van der Waals surface area contributed by atoms with Gasteiger partial charge in [0, 0.05) is 23.0 Å². The molecule has 0 bridgehead atoms. The molecule has 0 unspecified atom stereocenters. The lowest BCUT2D eigenvalue weighted by atomic mass is 10.2. The van der Waals surface area contributed by atoms with E-state index in [2.05, 4.69) is 35.0 Å². The van der Waals surface area contributed by atoms with Crippen molar-refractivity contribution in [1.82, 2.24) is 25.8 Å². The van der Waals surface area contributed by atoms with Crippen LogP contribution >= 0.6 is 0 Å². The van der Waals surface area contributed by atoms with Gasteiger partial charge in [-0.2, -0.15) is 0 Å². The molecular formula is C30H46N8O2. The maximum absolute atomic E-state index is 12.5. The molecule has 0 radical (unpaired) electrons. The van der Waals surface area contributed by atoms with Crippen LogP contribution in [0.4, 0.5) is 5.69 Å². The van der Waals surface area contributed by atoms with Crippen LogP contribution < -0.4 is 27.4 Å². The summed E-state index contributed by atoms with van der Waals surface area (Å²) in [5.74, 6) is 5.15. The molecule has 0 saturated carbocycles. The third kappa shape index (κ3) is 10.9. The van der Waals surface area contributed by atoms with Crippen molar-refractivity contribution in [2.24, 2.45) is 11.6 Å². The number of anilines is 1. The third-order valence-corrected chi connectivity index (χ3v) is 5.56. The van der Waals surface area contributed by atoms with Gasteiger partial charge in [0.25, 0.3) is 11.8 Å². The second-order valence-corrected chi connectivity index (χ2v) is 8.47. The number of aryl methyl sites for hydroxylation is 1. The molecule has 40 heavy (non-hydrogen) atoms. The Labute approximate surface area is 238 Å². The lowest BCUT2D eigenvalue weighted by molar-refractivity contribution is 0.0846. The maximum atomic E-state index is 12.5. The highest BCUT2D eigenvalue weighted by Gasteiger charge is 2.11. The van der Waals surface area contributed by atoms with Crippen molar-refractivity contribution in [2.45, 2.75) is 80.1 Å². The summed E-state index contributed by atoms with van der Waals surface area (Å²) in [5, 5.41) is 9.73. The highest BCUT2D eigenvalue weighted by atomic mass is 16.2. The molecule has 0 fully saturated rings. The number of hydrogen-bond donors (Lipinski definition) is 4. The monoisotopic (exact) mass is 550 g/mol. The summed E-state index contributed by atoms with van der Waals surface area (Å²) in [5.41, 5.74) is 14.7. The Bertz CT molecular complexity index is 1170. The number of amides is 2. The van der Waals surface area contributed by atoms with E-state index in [1.54, 1.807) is 59.4 Å². The van der Waals surface area contributed by atoms with E-state index in [-0.39, 0.29) is 0 Å². The maximum Gasteiger partial charge on any atom is 0.269 e. The van der Waals surface area contributed by atoms with Gasteiger partial charge in [-0.25, -0.2) is 10.5 Å². The topological polar surface area (TPSA) is 144 Å². The first kappa shape index (κ1) is 33.8. The summed E-state index contributed by atoms with van der Waals surface area (Å²) in [6.45, 7) is 12.2. The quantitative estimate of drug-likeness (QED) is 0.185. The van der Waals surface area contributed by atoms with Gasteiger partial charge in [0.2, 0.25) is 0 Å². The number of benzene rings is 2. The number of rotatable bonds is 11. The molecule has 0 spiro atoms. The molecule has 1 heterocycles. The molecule has 2 amide bonds. The van der Waals surface area contributed by atoms with Crippen LogP contribution in [-0.4, -0.2) is 26.8 Å². The molecule has 0 atom stereocenters. The molecular weight excluding hydrogens is 504 g/mol. The van der Waals surface area contributed by atoms with Gasteiger partial charge in [-0.15, -0.1) is 5.10 Å². The minimum absolute atomic E-state index is 0.371. The van der Waals surface area contributed by atoms with Crippen molar-refractivity contribution in [3.63, 3.8) is 0 Å². The lowest BCUT2D eigenvalue weighted by Gasteiger charge is -2.15. The highest BCUT2D eigenvalue weighted by Crippen LogP contribution is 2.15. The molecule has 3 rings (SSSR count). The van der Waals surface area contributed by atoms with Crippen LogP contribution in [0.25, 0.3) is 5.69 Å². The number of hydrogen-bond acceptors (Lipinski definition) is 7. The van der Waals surface area contributed by atoms with Gasteiger partial charge in [0.05, 0.1) is 23.3 Å². The molecule has 3 aromatic rings. The van der Waals surface area contributed by atoms with E-state index in [9.17, 15) is 9.59 Å². The number of aromatic nitrogens is 3. The third-order valence-electron chi connectivity index (χ3n) is 5.56. The summed E-state index contributed by atoms with van der Waals surface area (Å²) in [6.07, 6.45) is 9.41. The molecule has 1 aromatic heterocycles. The zero-order valence-corrected chi connectivity index (χ0v) is 24.8. The zero-order chi connectivity index (χ0) is 29.9. The Hall–Kier alpha value is -4.18. The van der Waals surface area contributed by atoms with E-state index in [1.807, 2.05) is 33.9 Å². The van der Waals surface area contributed by atoms with E-state index in [1.165, 1.54) is 5.01 Å². The first-order chi connectivity index (χ1) is 19.4. The van der Waals surface area contributed by atoms with Gasteiger partial charge in [-0.05, 0) is 74.2 Å². The first-order valence-corrected chi connectivity index (χ1v) is 14.1. The molecule has 6 N–H and O–H groups in total. The van der Waals surface area contributed by atoms with E-state index < -0.39 is 11.8 Å². The number of unbranched alkanes of at least 4 members (excludes halogenated alkanes) is 2. The molecule has 10 heteroatoms. The summed E-state index contributed by atoms with van der Waals surface area (Å²) in [7, 11) is 0. The lowest BCUT2D eigenvalue weighted by Crippen LogP contribution is -2.41. The van der Waals surface area contributed by atoms with Crippen LogP contribution in [0.2, 0.25) is 0 Å². The minimum Gasteiger partial charge on any atom is -0.401 e. The zero-order valence-electron chi connectivity index (χ0n) is 24.8. The summed E-state index contributed by atoms with van der Waals surface area (Å²) in [4.78, 5) is 24.9. The van der Waals surface area contributed by atoms with E-state index in [4.69, 9.17) is 11.6 Å². The average molecular weight is 551 g/mol. The van der Waals surface area contributed by atoms with E-state index >= 15 is 0 Å². The first-order valence-electron chi connectivity index (χ1n) is 14.1. The molecule has 0 aliphatic carbocycles. The van der Waals surface area contributed by atoms with Crippen molar-refractivity contribution in [1.29, 1.82) is 0 Å². The number of nitrogens with zero attached hydrogens (tertiary/aromatic N) is 4. The summed E-state index contributed by atoms with van der Waals surface area (Å²) >= 11 is 0. The smallest absolute Gasteiger partial charge is 0.269 e. The number of allylic oxidation sites excluding steroid dienone is 1. The van der Waals surface area contributed by atoms with Crippen molar-refractivity contribution in [3.8, 4) is 5.69 Å². The van der Waals surface area contributed by atoms with Gasteiger partial charge < -0.3 is 5.73 Å². The number of nitrogens with one attached hydrogen (secondary N) is 2. The Balaban J connectivity index is 0.00000191. The van der Waals surface area contributed by atoms with Gasteiger partial charge in [-0.1, -0.05) is 59.6 Å². The number of nitrogens with two attached hydrogens (primary N) is 2. The normalized spacial score (nSPS) is 10.4. The highest BCUT2D eigenvalue weighted by molar-refractivity contribution is 5.99. The van der Waals surface area contributed by atoms with Crippen LogP contribution in [0.5, 0.6) is 0 Å². The van der Waals surface area contributed by atoms with E-state index in [0.29, 0.717) is 22.5 Å². The summed E-state index contributed by atoms with van der Waals surface area (Å²) in [6, 6.07) is 13.5. The van der Waals surface area contributed by atoms with Gasteiger partial charge in [-0.3, -0.25) is 25.4 Å². The Morgan fingerprint density at radius 3 is 1.93 bits per heavy atom. The summed E-state index contributed by atoms with van der Waals surface area (Å²) < 4.78 is 1.68. The number of carbonyl (C=O) groups excluding carboxylic acids is 2. The van der Waals surface area contributed by atoms with Crippen LogP contribution in [0, 0.1) is 0 Å². The van der Waals surface area contributed by atoms with Gasteiger partial charge in [0.15, 0.2) is 0 Å². The van der Waals surface area contributed by atoms with Crippen LogP contribution in [0.3, 0.4) is 0 Å². The number of carbonyl (C=O) groups is 2. The molecule has 2 aromatic carbocycles. The molecule has 0 aliphatic heterocycles. The Morgan fingerprint density at radius 1 is 0.875 bits per heavy atom. The largest absolute Gasteiger partial charge is 0.401 e. The fourth-order valence-electron chi connectivity index (χ4n) is 3.40. The van der Waals surface area contributed by atoms with Crippen LogP contribution in [-0.2, 0) is 6.42 Å².